The molecule has 0 saturated heterocycles. The van der Waals surface area contributed by atoms with Gasteiger partial charge in [0.2, 0.25) is 0 Å². The first-order chi connectivity index (χ1) is 5.88. The van der Waals surface area contributed by atoms with Gasteiger partial charge in [-0.2, -0.15) is 0 Å². The lowest BCUT2D eigenvalue weighted by molar-refractivity contribution is -0.105. The Labute approximate surface area is 72.3 Å². The number of aldehydes is 1. The molecule has 0 unspecified atom stereocenters. The van der Waals surface area contributed by atoms with Crippen molar-refractivity contribution in [2.45, 2.75) is 25.7 Å². The number of carbonyl (C=O) groups excluding carboxylic acids is 1. The zero-order valence-electron chi connectivity index (χ0n) is 6.97. The van der Waals surface area contributed by atoms with E-state index in [9.17, 15) is 4.79 Å². The van der Waals surface area contributed by atoms with Gasteiger partial charge in [-0.25, -0.2) is 0 Å². The second-order valence-corrected chi connectivity index (χ2v) is 2.79. The first-order valence-corrected chi connectivity index (χ1v) is 4.15. The van der Waals surface area contributed by atoms with Gasteiger partial charge in [-0.15, -0.1) is 0 Å². The molecule has 0 aromatic carbocycles. The fourth-order valence-electron chi connectivity index (χ4n) is 1.35. The molecule has 2 heteroatoms. The van der Waals surface area contributed by atoms with Gasteiger partial charge in [0, 0.05) is 11.1 Å². The van der Waals surface area contributed by atoms with Gasteiger partial charge in [0.1, 0.15) is 12.9 Å². The third-order valence-electron chi connectivity index (χ3n) is 1.97. The topological polar surface area (TPSA) is 37.3 Å². The first-order valence-electron chi connectivity index (χ1n) is 4.15. The van der Waals surface area contributed by atoms with Crippen LogP contribution >= 0.6 is 0 Å². The normalized spacial score (nSPS) is 16.8. The molecular weight excluding hydrogens is 152 g/mol. The van der Waals surface area contributed by atoms with Crippen molar-refractivity contribution in [3.05, 3.63) is 11.1 Å². The van der Waals surface area contributed by atoms with Gasteiger partial charge in [-0.1, -0.05) is 11.8 Å². The summed E-state index contributed by atoms with van der Waals surface area (Å²) in [6.07, 6.45) is 4.81. The summed E-state index contributed by atoms with van der Waals surface area (Å²) < 4.78 is 0. The largest absolute Gasteiger partial charge is 0.384 e. The number of allylic oxidation sites excluding steroid dienone is 2. The van der Waals surface area contributed by atoms with Crippen LogP contribution in [-0.2, 0) is 4.79 Å². The Balaban J connectivity index is 2.79. The molecule has 0 bridgehead atoms. The fraction of sp³-hybridized carbons (Fsp3) is 0.500. The summed E-state index contributed by atoms with van der Waals surface area (Å²) in [4.78, 5) is 10.5. The van der Waals surface area contributed by atoms with Crippen molar-refractivity contribution < 1.29 is 9.90 Å². The zero-order chi connectivity index (χ0) is 8.81. The predicted octanol–water partition coefficient (Wildman–Crippen LogP) is 1.05. The molecule has 2 nitrogen and oxygen atoms in total. The number of hydrogen-bond acceptors (Lipinski definition) is 2. The molecule has 0 saturated carbocycles. The Hall–Kier alpha value is -1.07. The van der Waals surface area contributed by atoms with Crippen LogP contribution < -0.4 is 0 Å². The van der Waals surface area contributed by atoms with Crippen molar-refractivity contribution in [2.75, 3.05) is 6.61 Å². The van der Waals surface area contributed by atoms with E-state index in [1.165, 1.54) is 0 Å². The van der Waals surface area contributed by atoms with E-state index >= 15 is 0 Å². The van der Waals surface area contributed by atoms with Gasteiger partial charge in [0.25, 0.3) is 0 Å². The molecule has 0 aliphatic heterocycles. The minimum atomic E-state index is -0.129. The van der Waals surface area contributed by atoms with Crippen molar-refractivity contribution in [1.29, 1.82) is 0 Å². The second kappa shape index (κ2) is 4.74. The van der Waals surface area contributed by atoms with E-state index in [4.69, 9.17) is 5.11 Å². The summed E-state index contributed by atoms with van der Waals surface area (Å²) in [7, 11) is 0. The molecule has 0 fully saturated rings. The summed E-state index contributed by atoms with van der Waals surface area (Å²) in [5.41, 5.74) is 1.74. The number of rotatable bonds is 1. The van der Waals surface area contributed by atoms with Crippen molar-refractivity contribution >= 4 is 6.29 Å². The SMILES string of the molecule is O=CC1=C(C#CCO)CCCC1. The van der Waals surface area contributed by atoms with E-state index in [-0.39, 0.29) is 6.61 Å². The van der Waals surface area contributed by atoms with Crippen molar-refractivity contribution in [1.82, 2.24) is 0 Å². The van der Waals surface area contributed by atoms with Crippen LogP contribution in [0.15, 0.2) is 11.1 Å². The Morgan fingerprint density at radius 2 is 2.17 bits per heavy atom. The van der Waals surface area contributed by atoms with Crippen LogP contribution in [0, 0.1) is 11.8 Å². The Kier molecular flexibility index (Phi) is 3.56. The van der Waals surface area contributed by atoms with Crippen LogP contribution in [0.3, 0.4) is 0 Å². The monoisotopic (exact) mass is 164 g/mol. The van der Waals surface area contributed by atoms with Gasteiger partial charge >= 0.3 is 0 Å². The molecule has 0 amide bonds. The quantitative estimate of drug-likeness (QED) is 0.464. The van der Waals surface area contributed by atoms with E-state index in [1.54, 1.807) is 0 Å². The lowest BCUT2D eigenvalue weighted by atomic mass is 9.93. The van der Waals surface area contributed by atoms with Gasteiger partial charge in [-0.3, -0.25) is 4.79 Å². The third kappa shape index (κ3) is 2.21. The van der Waals surface area contributed by atoms with Crippen molar-refractivity contribution in [3.63, 3.8) is 0 Å². The highest BCUT2D eigenvalue weighted by Gasteiger charge is 2.09. The highest BCUT2D eigenvalue weighted by Crippen LogP contribution is 2.22. The minimum absolute atomic E-state index is 0.129. The summed E-state index contributed by atoms with van der Waals surface area (Å²) >= 11 is 0. The summed E-state index contributed by atoms with van der Waals surface area (Å²) in [5, 5.41) is 8.47. The molecule has 0 aromatic rings. The molecule has 0 aromatic heterocycles. The summed E-state index contributed by atoms with van der Waals surface area (Å²) in [5.74, 6) is 5.39. The number of aliphatic hydroxyl groups is 1. The molecule has 1 aliphatic rings. The standard InChI is InChI=1S/C10H12O2/c11-7-3-6-9-4-1-2-5-10(9)8-12/h8,11H,1-2,4-5,7H2. The van der Waals surface area contributed by atoms with Gasteiger partial charge in [0.15, 0.2) is 0 Å². The highest BCUT2D eigenvalue weighted by atomic mass is 16.2. The molecule has 12 heavy (non-hydrogen) atoms. The van der Waals surface area contributed by atoms with Crippen LogP contribution in [0.25, 0.3) is 0 Å². The molecular formula is C10H12O2. The third-order valence-corrected chi connectivity index (χ3v) is 1.97. The smallest absolute Gasteiger partial charge is 0.146 e. The number of carbonyl (C=O) groups is 1. The number of aliphatic hydroxyl groups excluding tert-OH is 1. The summed E-state index contributed by atoms with van der Waals surface area (Å²) in [6.45, 7) is -0.129. The van der Waals surface area contributed by atoms with Crippen LogP contribution in [0.2, 0.25) is 0 Å². The molecule has 0 atom stereocenters. The Morgan fingerprint density at radius 3 is 2.83 bits per heavy atom. The fourth-order valence-corrected chi connectivity index (χ4v) is 1.35. The molecule has 0 radical (unpaired) electrons. The molecule has 1 rings (SSSR count). The minimum Gasteiger partial charge on any atom is -0.384 e. The zero-order valence-corrected chi connectivity index (χ0v) is 6.97. The van der Waals surface area contributed by atoms with E-state index < -0.39 is 0 Å². The van der Waals surface area contributed by atoms with Gasteiger partial charge < -0.3 is 5.11 Å². The molecule has 1 N–H and O–H groups in total. The lowest BCUT2D eigenvalue weighted by Gasteiger charge is -2.11. The van der Waals surface area contributed by atoms with E-state index in [0.717, 1.165) is 43.1 Å². The van der Waals surface area contributed by atoms with E-state index in [1.807, 2.05) is 0 Å². The first kappa shape index (κ1) is 9.02. The van der Waals surface area contributed by atoms with Gasteiger partial charge in [0.05, 0.1) is 0 Å². The maximum atomic E-state index is 10.5. The predicted molar refractivity (Wildman–Crippen MR) is 46.4 cm³/mol. The Bertz CT molecular complexity index is 253. The Morgan fingerprint density at radius 1 is 1.42 bits per heavy atom. The molecule has 0 heterocycles. The molecule has 1 aliphatic carbocycles. The van der Waals surface area contributed by atoms with Crippen LogP contribution in [0.1, 0.15) is 25.7 Å². The van der Waals surface area contributed by atoms with E-state index in [2.05, 4.69) is 11.8 Å². The average Bonchev–Trinajstić information content (AvgIpc) is 2.15. The van der Waals surface area contributed by atoms with Gasteiger partial charge in [-0.05, 0) is 25.7 Å². The van der Waals surface area contributed by atoms with Crippen molar-refractivity contribution in [3.8, 4) is 11.8 Å². The van der Waals surface area contributed by atoms with Crippen molar-refractivity contribution in [2.24, 2.45) is 0 Å². The number of hydrogen-bond donors (Lipinski definition) is 1. The van der Waals surface area contributed by atoms with E-state index in [0.29, 0.717) is 0 Å². The summed E-state index contributed by atoms with van der Waals surface area (Å²) in [6, 6.07) is 0. The highest BCUT2D eigenvalue weighted by molar-refractivity contribution is 5.76. The second-order valence-electron chi connectivity index (χ2n) is 2.79. The lowest BCUT2D eigenvalue weighted by Crippen LogP contribution is -1.99. The maximum absolute atomic E-state index is 10.5. The van der Waals surface area contributed by atoms with Crippen LogP contribution in [0.5, 0.6) is 0 Å². The van der Waals surface area contributed by atoms with Crippen LogP contribution in [-0.4, -0.2) is 18.0 Å². The maximum Gasteiger partial charge on any atom is 0.146 e. The molecule has 64 valence electrons. The average molecular weight is 164 g/mol. The molecule has 0 spiro atoms. The van der Waals surface area contributed by atoms with Crippen LogP contribution in [0.4, 0.5) is 0 Å².